The maximum atomic E-state index is 10.4. The second-order valence-electron chi connectivity index (χ2n) is 2.03. The molecule has 0 aromatic carbocycles. The third kappa shape index (κ3) is 6.61. The van der Waals surface area contributed by atoms with Crippen LogP contribution in [-0.2, 0) is 23.8 Å². The van der Waals surface area contributed by atoms with Gasteiger partial charge in [0.2, 0.25) is 0 Å². The fourth-order valence-corrected chi connectivity index (χ4v) is 0.489. The van der Waals surface area contributed by atoms with E-state index in [9.17, 15) is 9.59 Å². The van der Waals surface area contributed by atoms with E-state index >= 15 is 0 Å². The molecule has 0 aromatic heterocycles. The molecule has 5 nitrogen and oxygen atoms in total. The van der Waals surface area contributed by atoms with Gasteiger partial charge in [0.05, 0.1) is 0 Å². The van der Waals surface area contributed by atoms with Crippen LogP contribution in [0.5, 0.6) is 0 Å². The third-order valence-corrected chi connectivity index (χ3v) is 0.743. The number of rotatable bonds is 4. The Bertz CT molecular complexity index is 227. The SMILES string of the molecule is C=C(OC(=C)OC(C)=O)OC(C)=O. The van der Waals surface area contributed by atoms with Crippen LogP contribution in [-0.4, -0.2) is 11.9 Å². The van der Waals surface area contributed by atoms with Crippen LogP contribution in [0.2, 0.25) is 0 Å². The van der Waals surface area contributed by atoms with Gasteiger partial charge in [-0.25, -0.2) is 0 Å². The topological polar surface area (TPSA) is 61.8 Å². The first-order valence-corrected chi connectivity index (χ1v) is 3.34. The Morgan fingerprint density at radius 1 is 0.846 bits per heavy atom. The number of hydrogen-bond acceptors (Lipinski definition) is 5. The van der Waals surface area contributed by atoms with Crippen molar-refractivity contribution in [1.29, 1.82) is 0 Å². The molecule has 0 fully saturated rings. The quantitative estimate of drug-likeness (QED) is 0.485. The number of carbonyl (C=O) groups is 2. The van der Waals surface area contributed by atoms with Gasteiger partial charge in [0.1, 0.15) is 0 Å². The molecule has 0 saturated heterocycles. The molecule has 0 spiro atoms. The molecule has 0 rings (SSSR count). The van der Waals surface area contributed by atoms with Crippen LogP contribution in [0.25, 0.3) is 0 Å². The zero-order chi connectivity index (χ0) is 10.4. The summed E-state index contributed by atoms with van der Waals surface area (Å²) in [5.41, 5.74) is 0. The molecule has 0 amide bonds. The van der Waals surface area contributed by atoms with E-state index in [0.717, 1.165) is 0 Å². The van der Waals surface area contributed by atoms with E-state index in [1.165, 1.54) is 13.8 Å². The molecule has 13 heavy (non-hydrogen) atoms. The molecular weight excluding hydrogens is 176 g/mol. The average Bonchev–Trinajstić information content (AvgIpc) is 1.80. The second-order valence-corrected chi connectivity index (χ2v) is 2.03. The van der Waals surface area contributed by atoms with E-state index in [4.69, 9.17) is 0 Å². The van der Waals surface area contributed by atoms with Gasteiger partial charge in [-0.05, 0) is 13.2 Å². The van der Waals surface area contributed by atoms with Crippen molar-refractivity contribution in [2.45, 2.75) is 13.8 Å². The summed E-state index contributed by atoms with van der Waals surface area (Å²) in [7, 11) is 0. The summed E-state index contributed by atoms with van der Waals surface area (Å²) < 4.78 is 13.4. The first-order valence-electron chi connectivity index (χ1n) is 3.34. The Hall–Kier alpha value is -1.78. The Morgan fingerprint density at radius 2 is 1.15 bits per heavy atom. The smallest absolute Gasteiger partial charge is 0.310 e. The summed E-state index contributed by atoms with van der Waals surface area (Å²) in [5, 5.41) is 0. The van der Waals surface area contributed by atoms with Crippen molar-refractivity contribution < 1.29 is 23.8 Å². The molecule has 0 aliphatic rings. The van der Waals surface area contributed by atoms with Gasteiger partial charge in [-0.2, -0.15) is 0 Å². The van der Waals surface area contributed by atoms with Gasteiger partial charge in [-0.15, -0.1) is 0 Å². The number of ether oxygens (including phenoxy) is 3. The summed E-state index contributed by atoms with van der Waals surface area (Å²) in [6.07, 6.45) is 0. The lowest BCUT2D eigenvalue weighted by Gasteiger charge is -2.07. The summed E-state index contributed by atoms with van der Waals surface area (Å²) >= 11 is 0. The molecule has 0 bridgehead atoms. The molecule has 5 heteroatoms. The largest absolute Gasteiger partial charge is 0.393 e. The van der Waals surface area contributed by atoms with Crippen LogP contribution in [0.4, 0.5) is 0 Å². The van der Waals surface area contributed by atoms with E-state index in [0.29, 0.717) is 0 Å². The molecule has 0 heterocycles. The van der Waals surface area contributed by atoms with Gasteiger partial charge in [0.15, 0.2) is 0 Å². The molecule has 72 valence electrons. The van der Waals surface area contributed by atoms with Gasteiger partial charge in [-0.1, -0.05) is 0 Å². The Morgan fingerprint density at radius 3 is 1.38 bits per heavy atom. The summed E-state index contributed by atoms with van der Waals surface area (Å²) in [6, 6.07) is 0. The second kappa shape index (κ2) is 4.97. The normalized spacial score (nSPS) is 8.46. The van der Waals surface area contributed by atoms with Gasteiger partial charge >= 0.3 is 11.9 Å². The lowest BCUT2D eigenvalue weighted by atomic mass is 10.8. The minimum Gasteiger partial charge on any atom is -0.393 e. The van der Waals surface area contributed by atoms with Crippen molar-refractivity contribution in [2.24, 2.45) is 0 Å². The predicted molar refractivity (Wildman–Crippen MR) is 42.9 cm³/mol. The van der Waals surface area contributed by atoms with E-state index < -0.39 is 11.9 Å². The fraction of sp³-hybridized carbons (Fsp3) is 0.250. The van der Waals surface area contributed by atoms with Gasteiger partial charge in [0.25, 0.3) is 11.9 Å². The van der Waals surface area contributed by atoms with Crippen molar-refractivity contribution >= 4 is 11.9 Å². The molecule has 0 unspecified atom stereocenters. The van der Waals surface area contributed by atoms with E-state index in [-0.39, 0.29) is 11.9 Å². The molecule has 0 radical (unpaired) electrons. The highest BCUT2D eigenvalue weighted by atomic mass is 16.8. The summed E-state index contributed by atoms with van der Waals surface area (Å²) in [6.45, 7) is 8.82. The molecular formula is C8H10O5. The molecule has 0 aliphatic heterocycles. The lowest BCUT2D eigenvalue weighted by Crippen LogP contribution is -2.05. The van der Waals surface area contributed by atoms with E-state index in [1.807, 2.05) is 0 Å². The van der Waals surface area contributed by atoms with E-state index in [1.54, 1.807) is 0 Å². The molecule has 0 aromatic rings. The van der Waals surface area contributed by atoms with Crippen molar-refractivity contribution in [3.63, 3.8) is 0 Å². The van der Waals surface area contributed by atoms with Crippen LogP contribution in [0.15, 0.2) is 25.0 Å². The van der Waals surface area contributed by atoms with Crippen LogP contribution < -0.4 is 0 Å². The highest BCUT2D eigenvalue weighted by Crippen LogP contribution is 2.05. The lowest BCUT2D eigenvalue weighted by molar-refractivity contribution is -0.147. The van der Waals surface area contributed by atoms with Crippen molar-refractivity contribution in [3.05, 3.63) is 25.0 Å². The standard InChI is InChI=1S/C8H10O5/c1-5(9)11-7(3)13-8(4)12-6(2)10/h3-4H2,1-2H3. The summed E-state index contributed by atoms with van der Waals surface area (Å²) in [5.74, 6) is -1.75. The number of hydrogen-bond donors (Lipinski definition) is 0. The molecule has 0 saturated carbocycles. The van der Waals surface area contributed by atoms with Crippen LogP contribution in [0.1, 0.15) is 13.8 Å². The van der Waals surface area contributed by atoms with Gasteiger partial charge < -0.3 is 14.2 Å². The van der Waals surface area contributed by atoms with Gasteiger partial charge in [0, 0.05) is 13.8 Å². The molecule has 0 atom stereocenters. The third-order valence-electron chi connectivity index (χ3n) is 0.743. The van der Waals surface area contributed by atoms with Crippen LogP contribution in [0.3, 0.4) is 0 Å². The maximum absolute atomic E-state index is 10.4. The minimum atomic E-state index is -0.583. The van der Waals surface area contributed by atoms with Crippen LogP contribution >= 0.6 is 0 Å². The van der Waals surface area contributed by atoms with E-state index in [2.05, 4.69) is 27.4 Å². The predicted octanol–water partition coefficient (Wildman–Crippen LogP) is 1.07. The van der Waals surface area contributed by atoms with Crippen LogP contribution in [0, 0.1) is 0 Å². The highest BCUT2D eigenvalue weighted by molar-refractivity contribution is 5.67. The Kier molecular flexibility index (Phi) is 4.29. The zero-order valence-corrected chi connectivity index (χ0v) is 7.46. The van der Waals surface area contributed by atoms with Crippen molar-refractivity contribution in [2.75, 3.05) is 0 Å². The molecule has 0 aliphatic carbocycles. The fourth-order valence-electron chi connectivity index (χ4n) is 0.489. The number of esters is 2. The highest BCUT2D eigenvalue weighted by Gasteiger charge is 2.05. The van der Waals surface area contributed by atoms with Crippen molar-refractivity contribution in [1.82, 2.24) is 0 Å². The Balaban J connectivity index is 3.85. The van der Waals surface area contributed by atoms with Gasteiger partial charge in [-0.3, -0.25) is 9.59 Å². The summed E-state index contributed by atoms with van der Waals surface area (Å²) in [4.78, 5) is 20.7. The maximum Gasteiger partial charge on any atom is 0.310 e. The van der Waals surface area contributed by atoms with Crippen molar-refractivity contribution in [3.8, 4) is 0 Å². The minimum absolute atomic E-state index is 0.293. The zero-order valence-electron chi connectivity index (χ0n) is 7.46. The first kappa shape index (κ1) is 11.2. The Labute approximate surface area is 75.6 Å². The monoisotopic (exact) mass is 186 g/mol. The average molecular weight is 186 g/mol. The first-order chi connectivity index (χ1) is 5.91. The molecule has 0 N–H and O–H groups in total. The number of carbonyl (C=O) groups excluding carboxylic acids is 2.